The maximum atomic E-state index is 9.89. The Morgan fingerprint density at radius 3 is 2.73 bits per heavy atom. The first-order chi connectivity index (χ1) is 7.29. The first kappa shape index (κ1) is 12.0. The monoisotopic (exact) mass is 206 g/mol. The maximum Gasteiger partial charge on any atom is 0.102 e. The molecule has 82 valence electrons. The fraction of sp³-hybridized carbons (Fsp3) is 0.385. The van der Waals surface area contributed by atoms with Gasteiger partial charge in [-0.2, -0.15) is 0 Å². The molecule has 0 aromatic rings. The third-order valence-electron chi connectivity index (χ3n) is 2.36. The highest BCUT2D eigenvalue weighted by Gasteiger charge is 2.32. The molecule has 2 heteroatoms. The van der Waals surface area contributed by atoms with Crippen LogP contribution < -0.4 is 0 Å². The second-order valence-corrected chi connectivity index (χ2v) is 3.48. The average Bonchev–Trinajstić information content (AvgIpc) is 2.58. The van der Waals surface area contributed by atoms with Gasteiger partial charge in [-0.3, -0.25) is 0 Å². The first-order valence-electron chi connectivity index (χ1n) is 5.18. The van der Waals surface area contributed by atoms with Crippen LogP contribution in [0.3, 0.4) is 0 Å². The van der Waals surface area contributed by atoms with Crippen LogP contribution in [0.15, 0.2) is 49.1 Å². The van der Waals surface area contributed by atoms with Crippen molar-refractivity contribution in [3.8, 4) is 0 Å². The summed E-state index contributed by atoms with van der Waals surface area (Å²) < 4.78 is 5.45. The predicted molar refractivity (Wildman–Crippen MR) is 62.5 cm³/mol. The second-order valence-electron chi connectivity index (χ2n) is 3.48. The number of ether oxygens (including phenoxy) is 1. The number of hydrogen-bond donors (Lipinski definition) is 1. The number of rotatable bonds is 4. The molecule has 0 radical (unpaired) electrons. The van der Waals surface area contributed by atoms with Gasteiger partial charge in [0.05, 0.1) is 12.7 Å². The van der Waals surface area contributed by atoms with Crippen molar-refractivity contribution in [2.45, 2.75) is 19.1 Å². The van der Waals surface area contributed by atoms with Crippen molar-refractivity contribution in [1.82, 2.24) is 0 Å². The normalized spacial score (nSPS) is 32.3. The SMILES string of the molecule is C=C/C=C/[C@H]1OC[C@@H](/C=C/C=C/C)[C@H]1O. The zero-order chi connectivity index (χ0) is 11.1. The smallest absolute Gasteiger partial charge is 0.102 e. The highest BCUT2D eigenvalue weighted by molar-refractivity contribution is 5.11. The van der Waals surface area contributed by atoms with Gasteiger partial charge in [-0.1, -0.05) is 49.1 Å². The minimum absolute atomic E-state index is 0.0839. The highest BCUT2D eigenvalue weighted by Crippen LogP contribution is 2.22. The van der Waals surface area contributed by atoms with Crippen LogP contribution in [0.25, 0.3) is 0 Å². The van der Waals surface area contributed by atoms with Crippen molar-refractivity contribution in [1.29, 1.82) is 0 Å². The summed E-state index contributed by atoms with van der Waals surface area (Å²) in [4.78, 5) is 0. The molecule has 1 rings (SSSR count). The van der Waals surface area contributed by atoms with Crippen molar-refractivity contribution in [2.24, 2.45) is 5.92 Å². The van der Waals surface area contributed by atoms with Crippen molar-refractivity contribution in [2.75, 3.05) is 6.61 Å². The van der Waals surface area contributed by atoms with Gasteiger partial charge >= 0.3 is 0 Å². The molecule has 3 atom stereocenters. The number of aliphatic hydroxyl groups is 1. The summed E-state index contributed by atoms with van der Waals surface area (Å²) in [5.74, 6) is 0.0839. The van der Waals surface area contributed by atoms with E-state index in [4.69, 9.17) is 4.74 Å². The molecule has 1 aliphatic heterocycles. The van der Waals surface area contributed by atoms with E-state index in [1.807, 2.05) is 37.3 Å². The molecule has 1 saturated heterocycles. The molecule has 0 saturated carbocycles. The molecular formula is C13H18O2. The molecule has 15 heavy (non-hydrogen) atoms. The van der Waals surface area contributed by atoms with Gasteiger partial charge < -0.3 is 9.84 Å². The van der Waals surface area contributed by atoms with E-state index in [9.17, 15) is 5.11 Å². The minimum Gasteiger partial charge on any atom is -0.389 e. The summed E-state index contributed by atoms with van der Waals surface area (Å²) in [6.07, 6.45) is 12.5. The molecule has 0 amide bonds. The van der Waals surface area contributed by atoms with Crippen LogP contribution in [0, 0.1) is 5.92 Å². The average molecular weight is 206 g/mol. The Kier molecular flexibility index (Phi) is 5.08. The quantitative estimate of drug-likeness (QED) is 0.715. The third-order valence-corrected chi connectivity index (χ3v) is 2.36. The lowest BCUT2D eigenvalue weighted by atomic mass is 10.0. The third kappa shape index (κ3) is 3.50. The van der Waals surface area contributed by atoms with E-state index in [1.165, 1.54) is 0 Å². The van der Waals surface area contributed by atoms with Gasteiger partial charge in [0.2, 0.25) is 0 Å². The van der Waals surface area contributed by atoms with Crippen molar-refractivity contribution < 1.29 is 9.84 Å². The fourth-order valence-corrected chi connectivity index (χ4v) is 1.51. The topological polar surface area (TPSA) is 29.5 Å². The van der Waals surface area contributed by atoms with Crippen LogP contribution in [-0.2, 0) is 4.74 Å². The zero-order valence-electron chi connectivity index (χ0n) is 9.04. The van der Waals surface area contributed by atoms with E-state index in [1.54, 1.807) is 12.2 Å². The van der Waals surface area contributed by atoms with Gasteiger partial charge in [0.15, 0.2) is 0 Å². The molecule has 0 aromatic carbocycles. The van der Waals surface area contributed by atoms with Gasteiger partial charge in [0.25, 0.3) is 0 Å². The largest absolute Gasteiger partial charge is 0.389 e. The molecule has 0 bridgehead atoms. The van der Waals surface area contributed by atoms with E-state index in [0.29, 0.717) is 6.61 Å². The highest BCUT2D eigenvalue weighted by atomic mass is 16.5. The molecule has 1 N–H and O–H groups in total. The summed E-state index contributed by atoms with van der Waals surface area (Å²) in [7, 11) is 0. The van der Waals surface area contributed by atoms with Gasteiger partial charge in [-0.25, -0.2) is 0 Å². The number of aliphatic hydroxyl groups excluding tert-OH is 1. The van der Waals surface area contributed by atoms with Crippen LogP contribution in [0.5, 0.6) is 0 Å². The Hall–Kier alpha value is -1.12. The van der Waals surface area contributed by atoms with E-state index < -0.39 is 6.10 Å². The Balaban J connectivity index is 2.51. The summed E-state index contributed by atoms with van der Waals surface area (Å²) in [6, 6.07) is 0. The lowest BCUT2D eigenvalue weighted by molar-refractivity contribution is 0.0724. The molecule has 1 heterocycles. The molecule has 1 fully saturated rings. The minimum atomic E-state index is -0.456. The van der Waals surface area contributed by atoms with Crippen LogP contribution in [-0.4, -0.2) is 23.9 Å². The summed E-state index contributed by atoms with van der Waals surface area (Å²) in [5.41, 5.74) is 0. The summed E-state index contributed by atoms with van der Waals surface area (Å²) >= 11 is 0. The predicted octanol–water partition coefficient (Wildman–Crippen LogP) is 2.24. The van der Waals surface area contributed by atoms with E-state index in [0.717, 1.165) is 0 Å². The molecule has 0 aromatic heterocycles. The Labute approximate surface area is 91.3 Å². The van der Waals surface area contributed by atoms with Gasteiger partial charge in [-0.15, -0.1) is 0 Å². The van der Waals surface area contributed by atoms with Crippen molar-refractivity contribution in [3.63, 3.8) is 0 Å². The summed E-state index contributed by atoms with van der Waals surface area (Å²) in [6.45, 7) is 6.11. The fourth-order valence-electron chi connectivity index (χ4n) is 1.51. The molecule has 0 spiro atoms. The van der Waals surface area contributed by atoms with Crippen molar-refractivity contribution in [3.05, 3.63) is 49.1 Å². The zero-order valence-corrected chi connectivity index (χ0v) is 9.04. The Morgan fingerprint density at radius 2 is 2.07 bits per heavy atom. The lowest BCUT2D eigenvalue weighted by Crippen LogP contribution is -2.23. The standard InChI is InChI=1S/C13H18O2/c1-3-5-7-8-11-10-15-12(13(11)14)9-6-4-2/h3-9,11-14H,2,10H2,1H3/b5-3+,8-7+,9-6+/t11-,12-,13-/m1/s1. The van der Waals surface area contributed by atoms with Crippen LogP contribution in [0.4, 0.5) is 0 Å². The molecule has 0 unspecified atom stereocenters. The van der Waals surface area contributed by atoms with Crippen LogP contribution >= 0.6 is 0 Å². The van der Waals surface area contributed by atoms with Gasteiger partial charge in [0, 0.05) is 5.92 Å². The maximum absolute atomic E-state index is 9.89. The lowest BCUT2D eigenvalue weighted by Gasteiger charge is -2.11. The second kappa shape index (κ2) is 6.38. The van der Waals surface area contributed by atoms with Crippen LogP contribution in [0.2, 0.25) is 0 Å². The summed E-state index contributed by atoms with van der Waals surface area (Å²) in [5, 5.41) is 9.89. The van der Waals surface area contributed by atoms with E-state index >= 15 is 0 Å². The van der Waals surface area contributed by atoms with Crippen molar-refractivity contribution >= 4 is 0 Å². The van der Waals surface area contributed by atoms with E-state index in [2.05, 4.69) is 6.58 Å². The Bertz CT molecular complexity index is 276. The molecular weight excluding hydrogens is 188 g/mol. The van der Waals surface area contributed by atoms with Gasteiger partial charge in [0.1, 0.15) is 6.10 Å². The van der Waals surface area contributed by atoms with Gasteiger partial charge in [-0.05, 0) is 6.92 Å². The molecule has 1 aliphatic rings. The molecule has 2 nitrogen and oxygen atoms in total. The van der Waals surface area contributed by atoms with Crippen LogP contribution in [0.1, 0.15) is 6.92 Å². The van der Waals surface area contributed by atoms with E-state index in [-0.39, 0.29) is 12.0 Å². The molecule has 0 aliphatic carbocycles. The number of hydrogen-bond acceptors (Lipinski definition) is 2. The first-order valence-corrected chi connectivity index (χ1v) is 5.18. The number of allylic oxidation sites excluding steroid dienone is 5. The Morgan fingerprint density at radius 1 is 1.27 bits per heavy atom.